The summed E-state index contributed by atoms with van der Waals surface area (Å²) in [5.74, 6) is 0.0722. The van der Waals surface area contributed by atoms with E-state index in [1.54, 1.807) is 43.3 Å². The normalized spacial score (nSPS) is 10.2. The van der Waals surface area contributed by atoms with Crippen molar-refractivity contribution >= 4 is 34.6 Å². The van der Waals surface area contributed by atoms with Gasteiger partial charge in [-0.25, -0.2) is 0 Å². The second kappa shape index (κ2) is 10.3. The lowest BCUT2D eigenvalue weighted by molar-refractivity contribution is -0.383. The summed E-state index contributed by atoms with van der Waals surface area (Å²) in [4.78, 5) is 23.1. The summed E-state index contributed by atoms with van der Waals surface area (Å²) in [7, 11) is 0. The maximum atomic E-state index is 12.4. The molecule has 2 N–H and O–H groups in total. The van der Waals surface area contributed by atoms with Crippen LogP contribution in [0.2, 0.25) is 0 Å². The first-order valence-electron chi connectivity index (χ1n) is 8.58. The fourth-order valence-corrected chi connectivity index (χ4v) is 2.52. The number of aryl methyl sites for hydroxylation is 1. The number of hydrogen-bond donors (Lipinski definition) is 2. The van der Waals surface area contributed by atoms with Crippen molar-refractivity contribution in [2.45, 2.75) is 13.8 Å². The Bertz CT molecular complexity index is 872. The third-order valence-electron chi connectivity index (χ3n) is 3.62. The van der Waals surface area contributed by atoms with E-state index >= 15 is 0 Å². The van der Waals surface area contributed by atoms with E-state index in [1.807, 2.05) is 6.92 Å². The van der Waals surface area contributed by atoms with Gasteiger partial charge in [-0.1, -0.05) is 12.1 Å². The first-order valence-corrected chi connectivity index (χ1v) is 8.99. The number of hydrogen-bond acceptors (Lipinski definition) is 6. The molecule has 2 aromatic rings. The van der Waals surface area contributed by atoms with E-state index in [-0.39, 0.29) is 16.5 Å². The van der Waals surface area contributed by atoms with Gasteiger partial charge in [-0.15, -0.1) is 0 Å². The standard InChI is InChI=1S/C19H21N3O5S/c1-3-26-9-10-27-15-6-4-5-14(12-15)18(23)21-19(28)20-16-8-7-13(2)11-17(16)22(24)25/h4-8,11-12H,3,9-10H2,1-2H3,(H2,20,21,23,28). The number of amides is 1. The van der Waals surface area contributed by atoms with E-state index in [0.29, 0.717) is 31.1 Å². The molecule has 0 fully saturated rings. The minimum Gasteiger partial charge on any atom is -0.491 e. The SMILES string of the molecule is CCOCCOc1cccc(C(=O)NC(=S)Nc2ccc(C)cc2[N+](=O)[O-])c1. The first-order chi connectivity index (χ1) is 13.4. The van der Waals surface area contributed by atoms with Gasteiger partial charge < -0.3 is 14.8 Å². The average molecular weight is 403 g/mol. The highest BCUT2D eigenvalue weighted by atomic mass is 32.1. The molecule has 9 heteroatoms. The van der Waals surface area contributed by atoms with Crippen molar-refractivity contribution in [3.63, 3.8) is 0 Å². The van der Waals surface area contributed by atoms with E-state index < -0.39 is 10.8 Å². The van der Waals surface area contributed by atoms with Crippen molar-refractivity contribution in [3.8, 4) is 5.75 Å². The summed E-state index contributed by atoms with van der Waals surface area (Å²) in [5, 5.41) is 16.3. The van der Waals surface area contributed by atoms with E-state index in [2.05, 4.69) is 10.6 Å². The molecule has 2 rings (SSSR count). The minimum atomic E-state index is -0.511. The maximum absolute atomic E-state index is 12.4. The van der Waals surface area contributed by atoms with Gasteiger partial charge >= 0.3 is 0 Å². The third-order valence-corrected chi connectivity index (χ3v) is 3.83. The molecule has 0 saturated carbocycles. The highest BCUT2D eigenvalue weighted by molar-refractivity contribution is 7.80. The molecule has 2 aromatic carbocycles. The van der Waals surface area contributed by atoms with Gasteiger partial charge in [0.05, 0.1) is 11.5 Å². The summed E-state index contributed by atoms with van der Waals surface area (Å²) in [6, 6.07) is 11.3. The van der Waals surface area contributed by atoms with Gasteiger partial charge in [0.25, 0.3) is 11.6 Å². The third kappa shape index (κ3) is 6.29. The summed E-state index contributed by atoms with van der Waals surface area (Å²) < 4.78 is 10.7. The van der Waals surface area contributed by atoms with Crippen LogP contribution < -0.4 is 15.4 Å². The molecule has 0 atom stereocenters. The Kier molecular flexibility index (Phi) is 7.85. The van der Waals surface area contributed by atoms with E-state index in [0.717, 1.165) is 5.56 Å². The maximum Gasteiger partial charge on any atom is 0.292 e. The van der Waals surface area contributed by atoms with Crippen LogP contribution in [0.25, 0.3) is 0 Å². The van der Waals surface area contributed by atoms with Crippen molar-refractivity contribution in [2.24, 2.45) is 0 Å². The Labute approximate surface area is 168 Å². The summed E-state index contributed by atoms with van der Waals surface area (Å²) in [5.41, 5.74) is 1.17. The predicted octanol–water partition coefficient (Wildman–Crippen LogP) is 3.45. The molecule has 1 amide bonds. The Balaban J connectivity index is 1.99. The molecule has 0 spiro atoms. The second-order valence-corrected chi connectivity index (χ2v) is 6.17. The van der Waals surface area contributed by atoms with Gasteiger partial charge in [-0.2, -0.15) is 0 Å². The van der Waals surface area contributed by atoms with Gasteiger partial charge in [0.2, 0.25) is 0 Å². The smallest absolute Gasteiger partial charge is 0.292 e. The van der Waals surface area contributed by atoms with Gasteiger partial charge in [0, 0.05) is 18.2 Å². The number of ether oxygens (including phenoxy) is 2. The lowest BCUT2D eigenvalue weighted by atomic mass is 10.2. The summed E-state index contributed by atoms with van der Waals surface area (Å²) in [6.07, 6.45) is 0. The van der Waals surface area contributed by atoms with Gasteiger partial charge in [0.1, 0.15) is 18.0 Å². The quantitative estimate of drug-likeness (QED) is 0.301. The molecule has 0 bridgehead atoms. The molecule has 0 unspecified atom stereocenters. The van der Waals surface area contributed by atoms with Gasteiger partial charge in [-0.05, 0) is 55.9 Å². The van der Waals surface area contributed by atoms with E-state index in [1.165, 1.54) is 6.07 Å². The Morgan fingerprint density at radius 2 is 2.00 bits per heavy atom. The molecular weight excluding hydrogens is 382 g/mol. The predicted molar refractivity (Wildman–Crippen MR) is 110 cm³/mol. The molecule has 0 aliphatic heterocycles. The molecule has 0 radical (unpaired) electrons. The highest BCUT2D eigenvalue weighted by Gasteiger charge is 2.16. The summed E-state index contributed by atoms with van der Waals surface area (Å²) >= 11 is 5.11. The number of nitrogens with zero attached hydrogens (tertiary/aromatic N) is 1. The lowest BCUT2D eigenvalue weighted by Crippen LogP contribution is -2.34. The first kappa shape index (κ1) is 21.3. The van der Waals surface area contributed by atoms with Crippen LogP contribution in [0.15, 0.2) is 42.5 Å². The molecule has 28 heavy (non-hydrogen) atoms. The van der Waals surface area contributed by atoms with Crippen LogP contribution in [-0.4, -0.2) is 35.8 Å². The number of anilines is 1. The molecule has 148 valence electrons. The molecule has 0 aromatic heterocycles. The topological polar surface area (TPSA) is 103 Å². The highest BCUT2D eigenvalue weighted by Crippen LogP contribution is 2.25. The number of nitro groups is 1. The van der Waals surface area contributed by atoms with Gasteiger partial charge in [-0.3, -0.25) is 20.2 Å². The fraction of sp³-hybridized carbons (Fsp3) is 0.263. The minimum absolute atomic E-state index is 0.0420. The lowest BCUT2D eigenvalue weighted by Gasteiger charge is -2.11. The van der Waals surface area contributed by atoms with E-state index in [9.17, 15) is 14.9 Å². The van der Waals surface area contributed by atoms with Crippen molar-refractivity contribution in [3.05, 3.63) is 63.7 Å². The number of carbonyl (C=O) groups is 1. The van der Waals surface area contributed by atoms with Gasteiger partial charge in [0.15, 0.2) is 5.11 Å². The Morgan fingerprint density at radius 1 is 1.21 bits per heavy atom. The number of nitro benzene ring substituents is 1. The molecule has 8 nitrogen and oxygen atoms in total. The van der Waals surface area contributed by atoms with Crippen LogP contribution in [0, 0.1) is 17.0 Å². The second-order valence-electron chi connectivity index (χ2n) is 5.76. The summed E-state index contributed by atoms with van der Waals surface area (Å²) in [6.45, 7) is 5.08. The molecule has 0 heterocycles. The molecular formula is C19H21N3O5S. The van der Waals surface area contributed by atoms with Crippen LogP contribution in [0.4, 0.5) is 11.4 Å². The van der Waals surface area contributed by atoms with Crippen molar-refractivity contribution in [1.82, 2.24) is 5.32 Å². The van der Waals surface area contributed by atoms with Crippen LogP contribution in [-0.2, 0) is 4.74 Å². The largest absolute Gasteiger partial charge is 0.491 e. The number of benzene rings is 2. The Morgan fingerprint density at radius 3 is 2.71 bits per heavy atom. The Hall–Kier alpha value is -3.04. The zero-order valence-corrected chi connectivity index (χ0v) is 16.4. The average Bonchev–Trinajstić information content (AvgIpc) is 2.66. The van der Waals surface area contributed by atoms with Crippen LogP contribution in [0.3, 0.4) is 0 Å². The number of rotatable bonds is 8. The van der Waals surface area contributed by atoms with E-state index in [4.69, 9.17) is 21.7 Å². The van der Waals surface area contributed by atoms with Crippen molar-refractivity contribution in [1.29, 1.82) is 0 Å². The zero-order valence-electron chi connectivity index (χ0n) is 15.6. The zero-order chi connectivity index (χ0) is 20.5. The monoisotopic (exact) mass is 403 g/mol. The van der Waals surface area contributed by atoms with Crippen molar-refractivity contribution in [2.75, 3.05) is 25.1 Å². The number of carbonyl (C=O) groups excluding carboxylic acids is 1. The van der Waals surface area contributed by atoms with Crippen molar-refractivity contribution < 1.29 is 19.2 Å². The number of thiocarbonyl (C=S) groups is 1. The fourth-order valence-electron chi connectivity index (χ4n) is 2.32. The van der Waals surface area contributed by atoms with Crippen LogP contribution in [0.5, 0.6) is 5.75 Å². The number of nitrogens with one attached hydrogen (secondary N) is 2. The molecule has 0 aliphatic carbocycles. The van der Waals surface area contributed by atoms with Crippen LogP contribution in [0.1, 0.15) is 22.8 Å². The van der Waals surface area contributed by atoms with Crippen LogP contribution >= 0.6 is 12.2 Å². The molecule has 0 saturated heterocycles. The molecule has 0 aliphatic rings.